The summed E-state index contributed by atoms with van der Waals surface area (Å²) in [6.45, 7) is 1.99. The molecule has 0 saturated carbocycles. The van der Waals surface area contributed by atoms with Crippen LogP contribution < -0.4 is 5.32 Å². The second-order valence-electron chi connectivity index (χ2n) is 5.22. The molecular weight excluding hydrogens is 237 g/mol. The predicted molar refractivity (Wildman–Crippen MR) is 76.9 cm³/mol. The molecule has 1 N–H and O–H groups in total. The van der Waals surface area contributed by atoms with E-state index in [9.17, 15) is 4.39 Å². The van der Waals surface area contributed by atoms with Crippen LogP contribution in [0.1, 0.15) is 36.1 Å². The first-order valence-corrected chi connectivity index (χ1v) is 6.87. The van der Waals surface area contributed by atoms with Gasteiger partial charge in [0.25, 0.3) is 0 Å². The molecule has 2 heteroatoms. The van der Waals surface area contributed by atoms with Gasteiger partial charge in [-0.3, -0.25) is 0 Å². The normalized spacial score (nSPS) is 15.1. The largest absolute Gasteiger partial charge is 0.378 e. The molecule has 0 fully saturated rings. The maximum Gasteiger partial charge on any atom is 0.128 e. The highest BCUT2D eigenvalue weighted by molar-refractivity contribution is 5.51. The molecule has 0 radical (unpaired) electrons. The lowest BCUT2D eigenvalue weighted by Crippen LogP contribution is -2.08. The zero-order chi connectivity index (χ0) is 13.2. The number of halogens is 1. The summed E-state index contributed by atoms with van der Waals surface area (Å²) in [6, 6.07) is 13.4. The highest BCUT2D eigenvalue weighted by Gasteiger charge is 2.13. The van der Waals surface area contributed by atoms with E-state index in [0.29, 0.717) is 5.56 Å². The number of benzene rings is 2. The van der Waals surface area contributed by atoms with Crippen molar-refractivity contribution in [1.82, 2.24) is 0 Å². The van der Waals surface area contributed by atoms with Crippen LogP contribution in [0.25, 0.3) is 0 Å². The van der Waals surface area contributed by atoms with Crippen LogP contribution in [-0.2, 0) is 12.8 Å². The molecule has 3 rings (SSSR count). The molecule has 0 heterocycles. The van der Waals surface area contributed by atoms with Crippen molar-refractivity contribution < 1.29 is 4.39 Å². The van der Waals surface area contributed by atoms with Gasteiger partial charge in [-0.2, -0.15) is 0 Å². The van der Waals surface area contributed by atoms with Crippen LogP contribution in [0, 0.1) is 5.82 Å². The van der Waals surface area contributed by atoms with Crippen LogP contribution in [0.15, 0.2) is 42.5 Å². The first-order valence-electron chi connectivity index (χ1n) is 6.87. The molecule has 2 aromatic carbocycles. The molecule has 0 aliphatic heterocycles. The second-order valence-corrected chi connectivity index (χ2v) is 5.22. The lowest BCUT2D eigenvalue weighted by Gasteiger charge is -2.17. The second kappa shape index (κ2) is 5.04. The van der Waals surface area contributed by atoms with Gasteiger partial charge in [0.05, 0.1) is 6.04 Å². The van der Waals surface area contributed by atoms with E-state index in [1.807, 2.05) is 19.1 Å². The van der Waals surface area contributed by atoms with Gasteiger partial charge in [-0.15, -0.1) is 0 Å². The Kier molecular flexibility index (Phi) is 3.24. The average Bonchev–Trinajstić information content (AvgIpc) is 2.86. The Labute approximate surface area is 113 Å². The van der Waals surface area contributed by atoms with Crippen LogP contribution in [0.3, 0.4) is 0 Å². The van der Waals surface area contributed by atoms with Gasteiger partial charge in [0.15, 0.2) is 0 Å². The quantitative estimate of drug-likeness (QED) is 0.852. The molecule has 1 nitrogen and oxygen atoms in total. The van der Waals surface area contributed by atoms with Crippen LogP contribution in [-0.4, -0.2) is 0 Å². The van der Waals surface area contributed by atoms with Crippen LogP contribution >= 0.6 is 0 Å². The number of fused-ring (bicyclic) bond motifs is 1. The van der Waals surface area contributed by atoms with Gasteiger partial charge in [0.1, 0.15) is 5.82 Å². The molecule has 1 aliphatic carbocycles. The number of anilines is 1. The zero-order valence-electron chi connectivity index (χ0n) is 11.1. The van der Waals surface area contributed by atoms with Crippen molar-refractivity contribution in [3.8, 4) is 0 Å². The van der Waals surface area contributed by atoms with Crippen molar-refractivity contribution in [2.75, 3.05) is 5.32 Å². The molecular formula is C17H18FN. The summed E-state index contributed by atoms with van der Waals surface area (Å²) in [7, 11) is 0. The summed E-state index contributed by atoms with van der Waals surface area (Å²) >= 11 is 0. The first kappa shape index (κ1) is 12.2. The summed E-state index contributed by atoms with van der Waals surface area (Å²) in [5.41, 5.74) is 4.69. The van der Waals surface area contributed by atoms with E-state index in [1.54, 1.807) is 6.07 Å². The first-order chi connectivity index (χ1) is 9.24. The summed E-state index contributed by atoms with van der Waals surface area (Å²) < 4.78 is 13.7. The van der Waals surface area contributed by atoms with Crippen LogP contribution in [0.5, 0.6) is 0 Å². The lowest BCUT2D eigenvalue weighted by atomic mass is 10.1. The van der Waals surface area contributed by atoms with Crippen molar-refractivity contribution >= 4 is 5.69 Å². The molecule has 2 aromatic rings. The van der Waals surface area contributed by atoms with E-state index < -0.39 is 0 Å². The molecule has 19 heavy (non-hydrogen) atoms. The van der Waals surface area contributed by atoms with E-state index in [0.717, 1.165) is 5.69 Å². The van der Waals surface area contributed by atoms with Crippen molar-refractivity contribution in [2.24, 2.45) is 0 Å². The molecule has 1 atom stereocenters. The molecule has 98 valence electrons. The fraction of sp³-hybridized carbons (Fsp3) is 0.294. The Morgan fingerprint density at radius 2 is 1.84 bits per heavy atom. The standard InChI is InChI=1S/C17H18FN/c1-12(16-7-2-3-8-17(16)18)19-15-10-9-13-5-4-6-14(13)11-15/h2-3,7-12,19H,4-6H2,1H3. The topological polar surface area (TPSA) is 12.0 Å². The number of hydrogen-bond donors (Lipinski definition) is 1. The lowest BCUT2D eigenvalue weighted by molar-refractivity contribution is 0.600. The van der Waals surface area contributed by atoms with Crippen LogP contribution in [0.4, 0.5) is 10.1 Å². The molecule has 0 aromatic heterocycles. The SMILES string of the molecule is CC(Nc1ccc2c(c1)CCC2)c1ccccc1F. The van der Waals surface area contributed by atoms with Crippen molar-refractivity contribution in [3.63, 3.8) is 0 Å². The minimum absolute atomic E-state index is 0.0272. The molecule has 0 bridgehead atoms. The molecule has 0 saturated heterocycles. The number of hydrogen-bond acceptors (Lipinski definition) is 1. The van der Waals surface area contributed by atoms with E-state index in [1.165, 1.54) is 36.5 Å². The Morgan fingerprint density at radius 1 is 1.05 bits per heavy atom. The van der Waals surface area contributed by atoms with Crippen molar-refractivity contribution in [3.05, 3.63) is 65.0 Å². The number of nitrogens with one attached hydrogen (secondary N) is 1. The van der Waals surface area contributed by atoms with E-state index >= 15 is 0 Å². The highest BCUT2D eigenvalue weighted by Crippen LogP contribution is 2.27. The Bertz CT molecular complexity index is 592. The van der Waals surface area contributed by atoms with E-state index in [2.05, 4.69) is 23.5 Å². The third kappa shape index (κ3) is 2.48. The van der Waals surface area contributed by atoms with Crippen LogP contribution in [0.2, 0.25) is 0 Å². The Balaban J connectivity index is 1.80. The molecule has 1 aliphatic rings. The smallest absolute Gasteiger partial charge is 0.128 e. The average molecular weight is 255 g/mol. The van der Waals surface area contributed by atoms with Gasteiger partial charge in [-0.25, -0.2) is 4.39 Å². The monoisotopic (exact) mass is 255 g/mol. The van der Waals surface area contributed by atoms with Gasteiger partial charge in [0, 0.05) is 11.3 Å². The van der Waals surface area contributed by atoms with Gasteiger partial charge < -0.3 is 5.32 Å². The minimum atomic E-state index is -0.149. The summed E-state index contributed by atoms with van der Waals surface area (Å²) in [4.78, 5) is 0. The fourth-order valence-electron chi connectivity index (χ4n) is 2.82. The summed E-state index contributed by atoms with van der Waals surface area (Å²) in [6.07, 6.45) is 3.61. The molecule has 0 spiro atoms. The minimum Gasteiger partial charge on any atom is -0.378 e. The predicted octanol–water partition coefficient (Wildman–Crippen LogP) is 4.49. The molecule has 0 amide bonds. The fourth-order valence-corrected chi connectivity index (χ4v) is 2.82. The van der Waals surface area contributed by atoms with Crippen molar-refractivity contribution in [2.45, 2.75) is 32.2 Å². The summed E-state index contributed by atoms with van der Waals surface area (Å²) in [5, 5.41) is 3.39. The summed E-state index contributed by atoms with van der Waals surface area (Å²) in [5.74, 6) is -0.149. The Morgan fingerprint density at radius 3 is 2.68 bits per heavy atom. The van der Waals surface area contributed by atoms with E-state index in [-0.39, 0.29) is 11.9 Å². The zero-order valence-corrected chi connectivity index (χ0v) is 11.1. The van der Waals surface area contributed by atoms with Gasteiger partial charge >= 0.3 is 0 Å². The number of rotatable bonds is 3. The van der Waals surface area contributed by atoms with E-state index in [4.69, 9.17) is 0 Å². The number of aryl methyl sites for hydroxylation is 2. The van der Waals surface area contributed by atoms with Gasteiger partial charge in [0.2, 0.25) is 0 Å². The third-order valence-corrected chi connectivity index (χ3v) is 3.85. The maximum atomic E-state index is 13.7. The maximum absolute atomic E-state index is 13.7. The molecule has 1 unspecified atom stereocenters. The third-order valence-electron chi connectivity index (χ3n) is 3.85. The Hall–Kier alpha value is -1.83. The highest BCUT2D eigenvalue weighted by atomic mass is 19.1. The van der Waals surface area contributed by atoms with Gasteiger partial charge in [-0.1, -0.05) is 24.3 Å². The van der Waals surface area contributed by atoms with Gasteiger partial charge in [-0.05, 0) is 55.5 Å². The van der Waals surface area contributed by atoms with Crippen molar-refractivity contribution in [1.29, 1.82) is 0 Å².